The van der Waals surface area contributed by atoms with Crippen molar-refractivity contribution in [1.29, 1.82) is 10.5 Å². The molecule has 2 aromatic rings. The van der Waals surface area contributed by atoms with E-state index in [-0.39, 0.29) is 17.0 Å². The fraction of sp³-hybridized carbons (Fsp3) is 0. The molecule has 0 fully saturated rings. The Balaban J connectivity index is 2.23. The predicted octanol–water partition coefficient (Wildman–Crippen LogP) is 1.59. The Morgan fingerprint density at radius 3 is 2.53 bits per heavy atom. The van der Waals surface area contributed by atoms with Crippen molar-refractivity contribution >= 4 is 17.3 Å². The molecule has 1 aromatic carbocycles. The number of hydrogen-bond acceptors (Lipinski definition) is 4. The SMILES string of the molecule is N#Cc1ccc(NC(=O)c2cc(N)c[nH]2)cc1C#N. The quantitative estimate of drug-likeness (QED) is 0.750. The van der Waals surface area contributed by atoms with Crippen LogP contribution in [0.25, 0.3) is 0 Å². The molecule has 4 N–H and O–H groups in total. The summed E-state index contributed by atoms with van der Waals surface area (Å²) in [6.07, 6.45) is 1.51. The topological polar surface area (TPSA) is 118 Å². The van der Waals surface area contributed by atoms with Gasteiger partial charge in [0.15, 0.2) is 0 Å². The van der Waals surface area contributed by atoms with Crippen molar-refractivity contribution in [3.05, 3.63) is 47.3 Å². The summed E-state index contributed by atoms with van der Waals surface area (Å²) in [5, 5.41) is 20.3. The van der Waals surface area contributed by atoms with E-state index in [4.69, 9.17) is 16.3 Å². The van der Waals surface area contributed by atoms with E-state index in [1.54, 1.807) is 6.07 Å². The molecule has 19 heavy (non-hydrogen) atoms. The van der Waals surface area contributed by atoms with Crippen LogP contribution in [0.2, 0.25) is 0 Å². The van der Waals surface area contributed by atoms with E-state index in [2.05, 4.69) is 10.3 Å². The average Bonchev–Trinajstić information content (AvgIpc) is 2.85. The normalized spacial score (nSPS) is 9.37. The minimum Gasteiger partial charge on any atom is -0.397 e. The number of benzene rings is 1. The van der Waals surface area contributed by atoms with Gasteiger partial charge in [0.05, 0.1) is 11.1 Å². The molecule has 0 atom stereocenters. The molecule has 6 nitrogen and oxygen atoms in total. The Kier molecular flexibility index (Phi) is 3.18. The maximum atomic E-state index is 11.8. The number of aromatic amines is 1. The number of nitriles is 2. The van der Waals surface area contributed by atoms with Crippen molar-refractivity contribution in [2.75, 3.05) is 11.1 Å². The Morgan fingerprint density at radius 2 is 1.95 bits per heavy atom. The average molecular weight is 251 g/mol. The third kappa shape index (κ3) is 2.54. The summed E-state index contributed by atoms with van der Waals surface area (Å²) in [5.74, 6) is -0.370. The first-order valence-electron chi connectivity index (χ1n) is 5.33. The molecule has 0 bridgehead atoms. The van der Waals surface area contributed by atoms with Crippen LogP contribution < -0.4 is 11.1 Å². The van der Waals surface area contributed by atoms with E-state index >= 15 is 0 Å². The maximum absolute atomic E-state index is 11.8. The lowest BCUT2D eigenvalue weighted by Crippen LogP contribution is -2.12. The Hall–Kier alpha value is -3.25. The first kappa shape index (κ1) is 12.2. The van der Waals surface area contributed by atoms with Gasteiger partial charge < -0.3 is 16.0 Å². The van der Waals surface area contributed by atoms with Crippen LogP contribution >= 0.6 is 0 Å². The van der Waals surface area contributed by atoms with E-state index in [1.807, 2.05) is 12.1 Å². The molecular formula is C13H9N5O. The highest BCUT2D eigenvalue weighted by Crippen LogP contribution is 2.16. The molecular weight excluding hydrogens is 242 g/mol. The van der Waals surface area contributed by atoms with Crippen molar-refractivity contribution in [1.82, 2.24) is 4.98 Å². The zero-order chi connectivity index (χ0) is 13.8. The van der Waals surface area contributed by atoms with Crippen LogP contribution in [-0.2, 0) is 0 Å². The van der Waals surface area contributed by atoms with Gasteiger partial charge in [-0.3, -0.25) is 4.79 Å². The number of aromatic nitrogens is 1. The molecule has 0 radical (unpaired) electrons. The number of nitrogen functional groups attached to an aromatic ring is 1. The summed E-state index contributed by atoms with van der Waals surface area (Å²) in [6, 6.07) is 9.80. The van der Waals surface area contributed by atoms with Gasteiger partial charge in [-0.2, -0.15) is 10.5 Å². The van der Waals surface area contributed by atoms with Gasteiger partial charge in [-0.25, -0.2) is 0 Å². The molecule has 0 aliphatic heterocycles. The van der Waals surface area contributed by atoms with Gasteiger partial charge in [-0.15, -0.1) is 0 Å². The van der Waals surface area contributed by atoms with Crippen LogP contribution in [-0.4, -0.2) is 10.9 Å². The lowest BCUT2D eigenvalue weighted by Gasteiger charge is -2.04. The molecule has 0 saturated carbocycles. The van der Waals surface area contributed by atoms with Crippen molar-refractivity contribution in [2.24, 2.45) is 0 Å². The highest BCUT2D eigenvalue weighted by Gasteiger charge is 2.09. The summed E-state index contributed by atoms with van der Waals surface area (Å²) in [5.41, 5.74) is 7.20. The van der Waals surface area contributed by atoms with Crippen LogP contribution in [0.4, 0.5) is 11.4 Å². The fourth-order valence-corrected chi connectivity index (χ4v) is 1.55. The zero-order valence-electron chi connectivity index (χ0n) is 9.77. The van der Waals surface area contributed by atoms with E-state index in [9.17, 15) is 4.79 Å². The molecule has 92 valence electrons. The van der Waals surface area contributed by atoms with Gasteiger partial charge >= 0.3 is 0 Å². The molecule has 0 unspecified atom stereocenters. The van der Waals surface area contributed by atoms with Crippen molar-refractivity contribution in [2.45, 2.75) is 0 Å². The molecule has 0 saturated heterocycles. The van der Waals surface area contributed by atoms with E-state index in [0.717, 1.165) is 0 Å². The van der Waals surface area contributed by atoms with Crippen LogP contribution in [0.3, 0.4) is 0 Å². The highest BCUT2D eigenvalue weighted by molar-refractivity contribution is 6.03. The number of nitrogens with one attached hydrogen (secondary N) is 2. The molecule has 1 aromatic heterocycles. The van der Waals surface area contributed by atoms with Gasteiger partial charge in [-0.1, -0.05) is 0 Å². The second-order valence-corrected chi connectivity index (χ2v) is 3.78. The standard InChI is InChI=1S/C13H9N5O/c14-5-8-1-2-11(3-9(8)6-15)18-13(19)12-4-10(16)7-17-12/h1-4,7,17H,16H2,(H,18,19). The first-order chi connectivity index (χ1) is 9.13. The summed E-state index contributed by atoms with van der Waals surface area (Å²) in [4.78, 5) is 14.6. The summed E-state index contributed by atoms with van der Waals surface area (Å²) in [6.45, 7) is 0. The molecule has 0 aliphatic rings. The smallest absolute Gasteiger partial charge is 0.272 e. The number of nitrogens with zero attached hydrogens (tertiary/aromatic N) is 2. The van der Waals surface area contributed by atoms with Crippen molar-refractivity contribution in [3.63, 3.8) is 0 Å². The van der Waals surface area contributed by atoms with Gasteiger partial charge in [-0.05, 0) is 24.3 Å². The number of hydrogen-bond donors (Lipinski definition) is 3. The van der Waals surface area contributed by atoms with E-state index < -0.39 is 0 Å². The van der Waals surface area contributed by atoms with E-state index in [0.29, 0.717) is 17.1 Å². The lowest BCUT2D eigenvalue weighted by molar-refractivity contribution is 0.102. The number of amides is 1. The van der Waals surface area contributed by atoms with Crippen LogP contribution in [0.15, 0.2) is 30.5 Å². The fourth-order valence-electron chi connectivity index (χ4n) is 1.55. The molecule has 1 amide bonds. The van der Waals surface area contributed by atoms with Crippen LogP contribution in [0, 0.1) is 22.7 Å². The first-order valence-corrected chi connectivity index (χ1v) is 5.33. The number of H-pyrrole nitrogens is 1. The highest BCUT2D eigenvalue weighted by atomic mass is 16.1. The largest absolute Gasteiger partial charge is 0.397 e. The number of anilines is 2. The second-order valence-electron chi connectivity index (χ2n) is 3.78. The third-order valence-electron chi connectivity index (χ3n) is 2.47. The van der Waals surface area contributed by atoms with Crippen LogP contribution in [0.1, 0.15) is 21.6 Å². The van der Waals surface area contributed by atoms with Crippen molar-refractivity contribution in [3.8, 4) is 12.1 Å². The number of nitrogens with two attached hydrogens (primary N) is 1. The predicted molar refractivity (Wildman–Crippen MR) is 69.0 cm³/mol. The summed E-state index contributed by atoms with van der Waals surface area (Å²) >= 11 is 0. The van der Waals surface area contributed by atoms with Gasteiger partial charge in [0.1, 0.15) is 17.8 Å². The van der Waals surface area contributed by atoms with E-state index in [1.165, 1.54) is 24.4 Å². The van der Waals surface area contributed by atoms with Gasteiger partial charge in [0, 0.05) is 17.6 Å². The van der Waals surface area contributed by atoms with Gasteiger partial charge in [0.2, 0.25) is 0 Å². The monoisotopic (exact) mass is 251 g/mol. The minimum atomic E-state index is -0.370. The lowest BCUT2D eigenvalue weighted by atomic mass is 10.1. The Labute approximate surface area is 109 Å². The second kappa shape index (κ2) is 4.94. The molecule has 0 aliphatic carbocycles. The van der Waals surface area contributed by atoms with Gasteiger partial charge in [0.25, 0.3) is 5.91 Å². The number of carbonyl (C=O) groups is 1. The molecule has 0 spiro atoms. The van der Waals surface area contributed by atoms with Crippen LogP contribution in [0.5, 0.6) is 0 Å². The summed E-state index contributed by atoms with van der Waals surface area (Å²) in [7, 11) is 0. The molecule has 2 rings (SSSR count). The Bertz CT molecular complexity index is 717. The number of carbonyl (C=O) groups excluding carboxylic acids is 1. The van der Waals surface area contributed by atoms with Crippen molar-refractivity contribution < 1.29 is 4.79 Å². The zero-order valence-corrected chi connectivity index (χ0v) is 9.77. The molecule has 6 heteroatoms. The summed E-state index contributed by atoms with van der Waals surface area (Å²) < 4.78 is 0. The maximum Gasteiger partial charge on any atom is 0.272 e. The third-order valence-corrected chi connectivity index (χ3v) is 2.47. The Morgan fingerprint density at radius 1 is 1.21 bits per heavy atom. The molecule has 1 heterocycles. The number of rotatable bonds is 2. The minimum absolute atomic E-state index is 0.214.